The first-order valence-electron chi connectivity index (χ1n) is 7.18. The summed E-state index contributed by atoms with van der Waals surface area (Å²) in [4.78, 5) is 16.3. The molecule has 0 aromatic carbocycles. The van der Waals surface area contributed by atoms with Crippen LogP contribution in [0.15, 0.2) is 29.3 Å². The van der Waals surface area contributed by atoms with Crippen molar-refractivity contribution < 1.29 is 6.15 Å². The van der Waals surface area contributed by atoms with Crippen LogP contribution in [0.1, 0.15) is 18.1 Å². The molecule has 0 fully saturated rings. The number of H-pyrrole nitrogens is 1. The summed E-state index contributed by atoms with van der Waals surface area (Å²) >= 11 is 0. The Labute approximate surface area is 127 Å². The molecule has 1 N–H and O–H groups in total. The number of aromatic nitrogens is 7. The smallest absolute Gasteiger partial charge is 0.369 e. The molecule has 3 rings (SSSR count). The zero-order valence-corrected chi connectivity index (χ0v) is 12.2. The number of ether oxygens (including phenoxy) is 1. The largest absolute Gasteiger partial charge is 0.472 e. The molecule has 0 unspecified atom stereocenters. The number of nitrogens with one attached hydrogen (secondary N) is 1. The van der Waals surface area contributed by atoms with Crippen molar-refractivity contribution in [2.24, 2.45) is 7.05 Å². The first kappa shape index (κ1) is 12.7. The minimum Gasteiger partial charge on any atom is -0.472 e. The van der Waals surface area contributed by atoms with Crippen molar-refractivity contribution in [1.29, 1.82) is 0 Å². The fraction of sp³-hybridized carbons (Fsp3) is 0.308. The molecule has 0 aliphatic heterocycles. The van der Waals surface area contributed by atoms with Gasteiger partial charge in [0, 0.05) is 31.1 Å². The van der Waals surface area contributed by atoms with Gasteiger partial charge in [-0.2, -0.15) is 4.68 Å². The molecule has 0 atom stereocenters. The summed E-state index contributed by atoms with van der Waals surface area (Å²) in [5.41, 5.74) is 1.33. The number of tetrazole rings is 1. The Balaban J connectivity index is 2.00. The second kappa shape index (κ2) is 5.80. The molecule has 3 aromatic heterocycles. The topological polar surface area (TPSA) is 104 Å². The lowest BCUT2D eigenvalue weighted by Gasteiger charge is -2.11. The van der Waals surface area contributed by atoms with Crippen LogP contribution >= 0.6 is 0 Å². The minimum absolute atomic E-state index is 0.159. The van der Waals surface area contributed by atoms with E-state index in [1.54, 1.807) is 12.3 Å². The van der Waals surface area contributed by atoms with E-state index in [9.17, 15) is 4.79 Å². The van der Waals surface area contributed by atoms with Crippen molar-refractivity contribution in [2.45, 2.75) is 20.0 Å². The quantitative estimate of drug-likeness (QED) is 0.723. The maximum absolute atomic E-state index is 12.1. The lowest BCUT2D eigenvalue weighted by Crippen LogP contribution is -2.24. The average molecular weight is 303 g/mol. The highest BCUT2D eigenvalue weighted by Gasteiger charge is 2.16. The Morgan fingerprint density at radius 3 is 2.91 bits per heavy atom. The van der Waals surface area contributed by atoms with Crippen LogP contribution in [0, 0.1) is 0 Å². The molecule has 9 nitrogen and oxygen atoms in total. The van der Waals surface area contributed by atoms with Gasteiger partial charge in [-0.1, -0.05) is 6.92 Å². The van der Waals surface area contributed by atoms with Crippen LogP contribution in [0.5, 0.6) is 5.88 Å². The predicted molar refractivity (Wildman–Crippen MR) is 76.7 cm³/mol. The molecular formula is C13H15N7O2. The molecule has 0 saturated heterocycles. The van der Waals surface area contributed by atoms with Crippen LogP contribution in [0.25, 0.3) is 5.82 Å². The fourth-order valence-corrected chi connectivity index (χ4v) is 2.08. The third-order valence-electron chi connectivity index (χ3n) is 3.24. The number of nitrogens with zero attached hydrogens (tertiary/aromatic N) is 6. The number of hydrogen-bond acceptors (Lipinski definition) is 6. The van der Waals surface area contributed by atoms with Gasteiger partial charge in [-0.05, 0) is 28.5 Å². The van der Waals surface area contributed by atoms with Crippen molar-refractivity contribution in [3.63, 3.8) is 0 Å². The summed E-state index contributed by atoms with van der Waals surface area (Å²) in [6.45, 7) is 2.16. The van der Waals surface area contributed by atoms with Crippen LogP contribution in [0.2, 0.25) is 1.41 Å². The second-order valence-electron chi connectivity index (χ2n) is 4.58. The number of aryl methyl sites for hydroxylation is 2. The Bertz CT molecular complexity index is 883. The number of rotatable bonds is 5. The molecule has 0 aliphatic rings. The molecule has 3 heterocycles. The summed E-state index contributed by atoms with van der Waals surface area (Å²) in [6, 6.07) is 3.45. The second-order valence-corrected chi connectivity index (χ2v) is 4.58. The summed E-state index contributed by atoms with van der Waals surface area (Å²) in [6.07, 6.45) is 3.83. The van der Waals surface area contributed by atoms with Crippen molar-refractivity contribution in [3.8, 4) is 11.7 Å². The van der Waals surface area contributed by atoms with E-state index in [0.717, 1.165) is 32.0 Å². The van der Waals surface area contributed by atoms with E-state index in [2.05, 4.69) is 20.5 Å². The number of pyridine rings is 1. The molecule has 0 saturated carbocycles. The maximum atomic E-state index is 12.1. The van der Waals surface area contributed by atoms with E-state index in [1.165, 1.54) is 13.2 Å². The van der Waals surface area contributed by atoms with E-state index < -0.39 is 0 Å². The van der Waals surface area contributed by atoms with Crippen molar-refractivity contribution >= 4 is 0 Å². The van der Waals surface area contributed by atoms with Gasteiger partial charge >= 0.3 is 5.69 Å². The van der Waals surface area contributed by atoms with Gasteiger partial charge in [0.25, 0.3) is 0 Å². The monoisotopic (exact) mass is 303 g/mol. The summed E-state index contributed by atoms with van der Waals surface area (Å²) in [5.74, 6) is 0.705. The zero-order valence-electron chi connectivity index (χ0n) is 13.2. The van der Waals surface area contributed by atoms with Crippen molar-refractivity contribution in [2.75, 3.05) is 0 Å². The van der Waals surface area contributed by atoms with E-state index in [1.807, 2.05) is 13.0 Å². The summed E-state index contributed by atoms with van der Waals surface area (Å²) in [7, 11) is 1.52. The molecular weight excluding hydrogens is 286 g/mol. The minimum atomic E-state index is -0.387. The Morgan fingerprint density at radius 1 is 1.41 bits per heavy atom. The molecule has 0 spiro atoms. The van der Waals surface area contributed by atoms with Gasteiger partial charge in [0.15, 0.2) is 7.23 Å². The van der Waals surface area contributed by atoms with E-state index in [4.69, 9.17) is 6.15 Å². The highest BCUT2D eigenvalue weighted by Crippen LogP contribution is 2.18. The molecule has 0 amide bonds. The van der Waals surface area contributed by atoms with Gasteiger partial charge in [-0.15, -0.1) is 9.78 Å². The predicted octanol–water partition coefficient (Wildman–Crippen LogP) is 0.226. The van der Waals surface area contributed by atoms with Crippen LogP contribution in [-0.2, 0) is 20.1 Å². The van der Waals surface area contributed by atoms with Gasteiger partial charge in [0.1, 0.15) is 6.61 Å². The van der Waals surface area contributed by atoms with Crippen LogP contribution in [0.4, 0.5) is 0 Å². The summed E-state index contributed by atoms with van der Waals surface area (Å²) in [5, 5.41) is 12.3. The SMILES string of the molecule is [3H]n1ccc(OCc2c(CC)ccnc2-n2nnn(C)c2=O)n1. The van der Waals surface area contributed by atoms with Crippen LogP contribution in [-0.4, -0.2) is 35.0 Å². The summed E-state index contributed by atoms with van der Waals surface area (Å²) < 4.78 is 15.2. The molecule has 9 heteroatoms. The third-order valence-corrected chi connectivity index (χ3v) is 3.24. The standard InChI is InChI=1S/C13H15N7O2/c1-3-9-4-6-14-12(20-13(21)19(2)17-18-20)10(9)8-22-11-5-7-15-16-11/h4-7H,3,8H2,1-2H3,(H,15,16)/i/hT. The van der Waals surface area contributed by atoms with Gasteiger partial charge < -0.3 is 4.74 Å². The highest BCUT2D eigenvalue weighted by atomic mass is 16.5. The van der Waals surface area contributed by atoms with Gasteiger partial charge in [-0.3, -0.25) is 5.09 Å². The lowest BCUT2D eigenvalue weighted by molar-refractivity contribution is 0.291. The molecule has 3 aromatic rings. The highest BCUT2D eigenvalue weighted by molar-refractivity contribution is 5.39. The van der Waals surface area contributed by atoms with Crippen molar-refractivity contribution in [1.82, 2.24) is 35.0 Å². The van der Waals surface area contributed by atoms with Gasteiger partial charge in [-0.25, -0.2) is 9.78 Å². The van der Waals surface area contributed by atoms with Gasteiger partial charge in [0.05, 0.1) is 0 Å². The van der Waals surface area contributed by atoms with Gasteiger partial charge in [0.2, 0.25) is 5.88 Å². The Hall–Kier alpha value is -2.97. The van der Waals surface area contributed by atoms with Crippen molar-refractivity contribution in [3.05, 3.63) is 46.1 Å². The third kappa shape index (κ3) is 2.48. The molecule has 114 valence electrons. The maximum Gasteiger partial charge on any atom is 0.369 e. The van der Waals surface area contributed by atoms with E-state index in [0.29, 0.717) is 11.7 Å². The van der Waals surface area contributed by atoms with E-state index in [-0.39, 0.29) is 12.3 Å². The first-order chi connectivity index (χ1) is 11.1. The normalized spacial score (nSPS) is 11.5. The fourth-order valence-electron chi connectivity index (χ4n) is 2.08. The Kier molecular flexibility index (Phi) is 3.36. The molecule has 0 aliphatic carbocycles. The zero-order chi connectivity index (χ0) is 16.4. The lowest BCUT2D eigenvalue weighted by atomic mass is 10.1. The molecule has 22 heavy (non-hydrogen) atoms. The van der Waals surface area contributed by atoms with Crippen LogP contribution < -0.4 is 10.4 Å². The molecule has 0 radical (unpaired) electrons. The first-order valence-corrected chi connectivity index (χ1v) is 6.74. The number of hydrogen-bond donors (Lipinski definition) is 1. The van der Waals surface area contributed by atoms with Crippen LogP contribution in [0.3, 0.4) is 0 Å². The Morgan fingerprint density at radius 2 is 2.27 bits per heavy atom. The van der Waals surface area contributed by atoms with E-state index >= 15 is 0 Å². The number of aromatic amines is 1. The molecule has 0 bridgehead atoms. The average Bonchev–Trinajstić information content (AvgIpc) is 3.11.